The van der Waals surface area contributed by atoms with Crippen molar-refractivity contribution in [3.63, 3.8) is 0 Å². The van der Waals surface area contributed by atoms with Crippen molar-refractivity contribution in [2.75, 3.05) is 13.2 Å². The molecule has 0 heterocycles. The van der Waals surface area contributed by atoms with Crippen molar-refractivity contribution in [2.45, 2.75) is 12.8 Å². The predicted molar refractivity (Wildman–Crippen MR) is 88.1 cm³/mol. The Hall–Kier alpha value is -2.59. The van der Waals surface area contributed by atoms with Gasteiger partial charge in [-0.15, -0.1) is 10.1 Å². The van der Waals surface area contributed by atoms with Gasteiger partial charge in [0.05, 0.1) is 19.6 Å². The maximum absolute atomic E-state index is 11.8. The van der Waals surface area contributed by atoms with Crippen LogP contribution in [-0.2, 0) is 20.8 Å². The second-order valence-corrected chi connectivity index (χ2v) is 5.29. The Morgan fingerprint density at radius 1 is 1.20 bits per heavy atom. The van der Waals surface area contributed by atoms with Crippen LogP contribution in [-0.4, -0.2) is 36.3 Å². The van der Waals surface area contributed by atoms with E-state index in [1.807, 2.05) is 5.32 Å². The molecule has 0 aliphatic heterocycles. The van der Waals surface area contributed by atoms with Gasteiger partial charge >= 0.3 is 6.09 Å². The Kier molecular flexibility index (Phi) is 8.44. The second kappa shape index (κ2) is 10.3. The van der Waals surface area contributed by atoms with Crippen molar-refractivity contribution < 1.29 is 24.3 Å². The van der Waals surface area contributed by atoms with Gasteiger partial charge in [-0.25, -0.2) is 4.79 Å². The maximum Gasteiger partial charge on any atom is 0.413 e. The van der Waals surface area contributed by atoms with Crippen molar-refractivity contribution in [1.29, 1.82) is 5.41 Å². The standard InChI is InChI=1S/C13H14Cl2N4O6/c14-9-3-1-4-10(15)8(9)7-11(20)17-12(16)18-13(21)24-5-2-6-25-19(22)23/h1,3-4H,2,5-7H2,(H3,16,17,18,20,21). The Morgan fingerprint density at radius 3 is 2.44 bits per heavy atom. The van der Waals surface area contributed by atoms with Crippen molar-refractivity contribution >= 4 is 41.2 Å². The highest BCUT2D eigenvalue weighted by Crippen LogP contribution is 2.24. The number of ether oxygens (including phenoxy) is 1. The van der Waals surface area contributed by atoms with Crippen LogP contribution in [0.1, 0.15) is 12.0 Å². The Bertz CT molecular complexity index is 650. The number of nitrogens with one attached hydrogen (secondary N) is 3. The number of carbonyl (C=O) groups is 2. The monoisotopic (exact) mass is 392 g/mol. The van der Waals surface area contributed by atoms with E-state index in [0.29, 0.717) is 15.6 Å². The smallest absolute Gasteiger partial charge is 0.413 e. The molecule has 0 radical (unpaired) electrons. The average molecular weight is 393 g/mol. The van der Waals surface area contributed by atoms with Crippen molar-refractivity contribution in [3.8, 4) is 0 Å². The lowest BCUT2D eigenvalue weighted by Crippen LogP contribution is -2.44. The van der Waals surface area contributed by atoms with Crippen LogP contribution in [0.2, 0.25) is 10.0 Å². The second-order valence-electron chi connectivity index (χ2n) is 4.47. The fourth-order valence-corrected chi connectivity index (χ4v) is 2.11. The third-order valence-electron chi connectivity index (χ3n) is 2.61. The zero-order valence-corrected chi connectivity index (χ0v) is 14.2. The van der Waals surface area contributed by atoms with Crippen LogP contribution in [0.5, 0.6) is 0 Å². The van der Waals surface area contributed by atoms with Crippen LogP contribution in [0.15, 0.2) is 18.2 Å². The van der Waals surface area contributed by atoms with Gasteiger partial charge in [0.1, 0.15) is 0 Å². The number of rotatable bonds is 7. The summed E-state index contributed by atoms with van der Waals surface area (Å²) < 4.78 is 4.65. The first-order chi connectivity index (χ1) is 11.8. The fraction of sp³-hybridized carbons (Fsp3) is 0.308. The normalized spacial score (nSPS) is 9.84. The molecule has 2 amide bonds. The van der Waals surface area contributed by atoms with Gasteiger partial charge in [0.15, 0.2) is 0 Å². The van der Waals surface area contributed by atoms with E-state index < -0.39 is 23.0 Å². The molecule has 0 spiro atoms. The van der Waals surface area contributed by atoms with Gasteiger partial charge < -0.3 is 9.57 Å². The first-order valence-corrected chi connectivity index (χ1v) is 7.57. The number of benzene rings is 1. The minimum absolute atomic E-state index is 0.0963. The molecule has 1 aromatic carbocycles. The highest BCUT2D eigenvalue weighted by atomic mass is 35.5. The summed E-state index contributed by atoms with van der Waals surface area (Å²) in [5.41, 5.74) is 0.393. The minimum Gasteiger partial charge on any atom is -0.449 e. The molecule has 25 heavy (non-hydrogen) atoms. The maximum atomic E-state index is 11.8. The summed E-state index contributed by atoms with van der Waals surface area (Å²) in [6.45, 7) is -0.386. The molecule has 0 saturated heterocycles. The van der Waals surface area contributed by atoms with Gasteiger partial charge in [0.25, 0.3) is 5.09 Å². The predicted octanol–water partition coefficient (Wildman–Crippen LogP) is 1.91. The molecule has 10 nitrogen and oxygen atoms in total. The number of halogens is 2. The van der Waals surface area contributed by atoms with E-state index in [1.54, 1.807) is 18.2 Å². The van der Waals surface area contributed by atoms with E-state index in [0.717, 1.165) is 0 Å². The highest BCUT2D eigenvalue weighted by Gasteiger charge is 2.13. The molecular formula is C13H14Cl2N4O6. The summed E-state index contributed by atoms with van der Waals surface area (Å²) in [5, 5.41) is 21.1. The van der Waals surface area contributed by atoms with E-state index in [-0.39, 0.29) is 26.1 Å². The van der Waals surface area contributed by atoms with Gasteiger partial charge in [-0.3, -0.25) is 20.8 Å². The van der Waals surface area contributed by atoms with Crippen LogP contribution in [0.4, 0.5) is 4.79 Å². The molecule has 1 rings (SSSR count). The lowest BCUT2D eigenvalue weighted by atomic mass is 10.1. The van der Waals surface area contributed by atoms with Crippen molar-refractivity contribution in [3.05, 3.63) is 43.9 Å². The Labute approximate surface area is 152 Å². The van der Waals surface area contributed by atoms with E-state index >= 15 is 0 Å². The van der Waals surface area contributed by atoms with Gasteiger partial charge in [0.2, 0.25) is 11.9 Å². The number of nitrogens with zero attached hydrogens (tertiary/aromatic N) is 1. The molecule has 3 N–H and O–H groups in total. The van der Waals surface area contributed by atoms with Crippen LogP contribution in [0, 0.1) is 15.5 Å². The lowest BCUT2D eigenvalue weighted by Gasteiger charge is -2.10. The topological polar surface area (TPSA) is 144 Å². The number of alkyl carbamates (subject to hydrolysis) is 1. The summed E-state index contributed by atoms with van der Waals surface area (Å²) in [6.07, 6.45) is -1.09. The molecule has 0 aromatic heterocycles. The molecule has 0 unspecified atom stereocenters. The first-order valence-electron chi connectivity index (χ1n) is 6.82. The highest BCUT2D eigenvalue weighted by molar-refractivity contribution is 6.36. The number of amides is 2. The van der Waals surface area contributed by atoms with E-state index in [4.69, 9.17) is 28.6 Å². The molecule has 0 aliphatic carbocycles. The van der Waals surface area contributed by atoms with Gasteiger partial charge in [-0.1, -0.05) is 29.3 Å². The van der Waals surface area contributed by atoms with Crippen LogP contribution >= 0.6 is 23.2 Å². The van der Waals surface area contributed by atoms with Crippen molar-refractivity contribution in [1.82, 2.24) is 10.6 Å². The largest absolute Gasteiger partial charge is 0.449 e. The van der Waals surface area contributed by atoms with Gasteiger partial charge in [-0.2, -0.15) is 0 Å². The SMILES string of the molecule is N=C(NC(=O)Cc1c(Cl)cccc1Cl)NC(=O)OCCCO[N+](=O)[O-]. The third-order valence-corrected chi connectivity index (χ3v) is 3.32. The van der Waals surface area contributed by atoms with Gasteiger partial charge in [0, 0.05) is 16.5 Å². The van der Waals surface area contributed by atoms with Crippen LogP contribution in [0.3, 0.4) is 0 Å². The average Bonchev–Trinajstić information content (AvgIpc) is 2.50. The van der Waals surface area contributed by atoms with Gasteiger partial charge in [-0.05, 0) is 17.7 Å². The fourth-order valence-electron chi connectivity index (χ4n) is 1.58. The molecule has 136 valence electrons. The zero-order chi connectivity index (χ0) is 18.8. The summed E-state index contributed by atoms with van der Waals surface area (Å²) in [6, 6.07) is 4.77. The minimum atomic E-state index is -0.998. The third kappa shape index (κ3) is 8.18. The zero-order valence-electron chi connectivity index (χ0n) is 12.7. The molecule has 0 atom stereocenters. The molecule has 0 bridgehead atoms. The molecule has 0 fully saturated rings. The Morgan fingerprint density at radius 2 is 1.84 bits per heavy atom. The number of carbonyl (C=O) groups excluding carboxylic acids is 2. The summed E-state index contributed by atoms with van der Waals surface area (Å²) in [7, 11) is 0. The van der Waals surface area contributed by atoms with Crippen LogP contribution in [0.25, 0.3) is 0 Å². The summed E-state index contributed by atoms with van der Waals surface area (Å²) >= 11 is 11.9. The number of hydrogen-bond acceptors (Lipinski definition) is 7. The number of hydrogen-bond donors (Lipinski definition) is 3. The molecular weight excluding hydrogens is 379 g/mol. The molecule has 1 aromatic rings. The van der Waals surface area contributed by atoms with E-state index in [9.17, 15) is 19.7 Å². The quantitative estimate of drug-likeness (QED) is 0.212. The van der Waals surface area contributed by atoms with Crippen LogP contribution < -0.4 is 10.6 Å². The number of guanidine groups is 1. The molecule has 12 heteroatoms. The lowest BCUT2D eigenvalue weighted by molar-refractivity contribution is -0.757. The van der Waals surface area contributed by atoms with E-state index in [1.165, 1.54) is 0 Å². The first kappa shape index (κ1) is 20.5. The Balaban J connectivity index is 2.32. The summed E-state index contributed by atoms with van der Waals surface area (Å²) in [4.78, 5) is 37.1. The van der Waals surface area contributed by atoms with E-state index in [2.05, 4.69) is 14.9 Å². The molecule has 0 aliphatic rings. The summed E-state index contributed by atoms with van der Waals surface area (Å²) in [5.74, 6) is -1.21. The van der Waals surface area contributed by atoms with Crippen molar-refractivity contribution in [2.24, 2.45) is 0 Å². The molecule has 0 saturated carbocycles.